The number of nitrogens with zero attached hydrogens (tertiary/aromatic N) is 2. The number of fused-ring (bicyclic) bond motifs is 9. The number of benzene rings is 4. The van der Waals surface area contributed by atoms with Crippen LogP contribution in [0.2, 0.25) is 0 Å². The molecule has 4 aromatic carbocycles. The zero-order valence-electron chi connectivity index (χ0n) is 20.5. The summed E-state index contributed by atoms with van der Waals surface area (Å²) in [5.41, 5.74) is 8.54. The largest absolute Gasteiger partial charge is 0.455 e. The minimum absolute atomic E-state index is 0.791. The van der Waals surface area contributed by atoms with Crippen molar-refractivity contribution in [2.45, 2.75) is 0 Å². The predicted molar refractivity (Wildman–Crippen MR) is 155 cm³/mol. The molecule has 0 aliphatic heterocycles. The maximum atomic E-state index is 6.73. The van der Waals surface area contributed by atoms with Gasteiger partial charge in [-0.25, -0.2) is 0 Å². The number of furan rings is 3. The van der Waals surface area contributed by atoms with Crippen LogP contribution in [0.15, 0.2) is 123 Å². The minimum Gasteiger partial charge on any atom is -0.455 e. The summed E-state index contributed by atoms with van der Waals surface area (Å²) in [6.07, 6.45) is 7.43. The highest BCUT2D eigenvalue weighted by molar-refractivity contribution is 6.18. The molecule has 0 saturated carbocycles. The molecule has 5 heterocycles. The van der Waals surface area contributed by atoms with Crippen molar-refractivity contribution in [2.75, 3.05) is 0 Å². The van der Waals surface area contributed by atoms with Crippen molar-refractivity contribution in [1.82, 2.24) is 9.97 Å². The summed E-state index contributed by atoms with van der Waals surface area (Å²) in [5.74, 6) is 0. The van der Waals surface area contributed by atoms with Crippen molar-refractivity contribution in [3.05, 3.63) is 110 Å². The SMILES string of the molecule is c1ccc2c(c1)oc1c(-c3cccc4c3oc3c(-c5cncc6c5oc5ccccc56)cccc34)cncc12. The molecule has 9 rings (SSSR count). The van der Waals surface area contributed by atoms with Crippen LogP contribution in [0.25, 0.3) is 88.1 Å². The Balaban J connectivity index is 1.34. The summed E-state index contributed by atoms with van der Waals surface area (Å²) in [4.78, 5) is 9.14. The van der Waals surface area contributed by atoms with E-state index in [9.17, 15) is 0 Å². The summed E-state index contributed by atoms with van der Waals surface area (Å²) >= 11 is 0. The maximum Gasteiger partial charge on any atom is 0.146 e. The first-order valence-corrected chi connectivity index (χ1v) is 12.8. The first-order valence-electron chi connectivity index (χ1n) is 12.8. The minimum atomic E-state index is 0.791. The highest BCUT2D eigenvalue weighted by atomic mass is 16.3. The number of para-hydroxylation sites is 4. The summed E-state index contributed by atoms with van der Waals surface area (Å²) in [7, 11) is 0. The van der Waals surface area contributed by atoms with Crippen molar-refractivity contribution < 1.29 is 13.3 Å². The van der Waals surface area contributed by atoms with Crippen LogP contribution < -0.4 is 0 Å². The van der Waals surface area contributed by atoms with Gasteiger partial charge >= 0.3 is 0 Å². The van der Waals surface area contributed by atoms with Gasteiger partial charge in [-0.2, -0.15) is 0 Å². The highest BCUT2D eigenvalue weighted by Crippen LogP contribution is 2.44. The molecule has 0 amide bonds. The Morgan fingerprint density at radius 3 is 1.28 bits per heavy atom. The van der Waals surface area contributed by atoms with Crippen LogP contribution >= 0.6 is 0 Å². The molecule has 39 heavy (non-hydrogen) atoms. The van der Waals surface area contributed by atoms with E-state index in [1.54, 1.807) is 0 Å². The van der Waals surface area contributed by atoms with Gasteiger partial charge in [0, 0.05) is 79.4 Å². The number of rotatable bonds is 2. The first-order chi connectivity index (χ1) is 19.3. The molecule has 5 aromatic heterocycles. The molecule has 5 heteroatoms. The van der Waals surface area contributed by atoms with Gasteiger partial charge in [0.2, 0.25) is 0 Å². The summed E-state index contributed by atoms with van der Waals surface area (Å²) in [6.45, 7) is 0. The third kappa shape index (κ3) is 2.79. The van der Waals surface area contributed by atoms with Crippen LogP contribution in [-0.4, -0.2) is 9.97 Å². The van der Waals surface area contributed by atoms with Crippen LogP contribution in [0.4, 0.5) is 0 Å². The molecule has 0 aliphatic carbocycles. The highest BCUT2D eigenvalue weighted by Gasteiger charge is 2.21. The molecule has 0 saturated heterocycles. The molecule has 0 fully saturated rings. The van der Waals surface area contributed by atoms with Gasteiger partial charge in [-0.05, 0) is 12.1 Å². The molecule has 0 unspecified atom stereocenters. The van der Waals surface area contributed by atoms with Crippen LogP contribution in [0.1, 0.15) is 0 Å². The number of aromatic nitrogens is 2. The van der Waals surface area contributed by atoms with E-state index >= 15 is 0 Å². The number of hydrogen-bond donors (Lipinski definition) is 0. The van der Waals surface area contributed by atoms with E-state index in [1.165, 1.54) is 0 Å². The standard InChI is InChI=1S/C34H18N2O3/c1-3-13-29-19(7-1)25-15-35-17-27(33(25)37-29)23-11-5-9-21-22-10-6-12-24(32(22)39-31(21)23)28-18-36-16-26-20-8-2-4-14-30(20)38-34(26)28/h1-18H. The van der Waals surface area contributed by atoms with E-state index in [4.69, 9.17) is 13.3 Å². The van der Waals surface area contributed by atoms with Gasteiger partial charge in [-0.3, -0.25) is 9.97 Å². The molecule has 5 nitrogen and oxygen atoms in total. The zero-order chi connectivity index (χ0) is 25.5. The quantitative estimate of drug-likeness (QED) is 0.235. The molecule has 0 N–H and O–H groups in total. The van der Waals surface area contributed by atoms with Gasteiger partial charge in [0.15, 0.2) is 0 Å². The van der Waals surface area contributed by atoms with Gasteiger partial charge in [0.1, 0.15) is 33.5 Å². The Kier molecular flexibility index (Phi) is 3.99. The molecule has 0 atom stereocenters. The Morgan fingerprint density at radius 1 is 0.333 bits per heavy atom. The number of pyridine rings is 2. The Hall–Kier alpha value is -5.42. The monoisotopic (exact) mass is 502 g/mol. The fraction of sp³-hybridized carbons (Fsp3) is 0. The average molecular weight is 503 g/mol. The smallest absolute Gasteiger partial charge is 0.146 e. The molecule has 182 valence electrons. The lowest BCUT2D eigenvalue weighted by Gasteiger charge is -2.03. The molecule has 0 radical (unpaired) electrons. The maximum absolute atomic E-state index is 6.73. The van der Waals surface area contributed by atoms with Gasteiger partial charge in [0.05, 0.1) is 0 Å². The molecule has 0 aliphatic rings. The lowest BCUT2D eigenvalue weighted by atomic mass is 10.00. The Morgan fingerprint density at radius 2 is 0.769 bits per heavy atom. The van der Waals surface area contributed by atoms with E-state index in [0.717, 1.165) is 88.1 Å². The fourth-order valence-electron chi connectivity index (χ4n) is 5.91. The van der Waals surface area contributed by atoms with E-state index in [-0.39, 0.29) is 0 Å². The molecule has 0 spiro atoms. The Labute approximate surface area is 220 Å². The molecule has 0 bridgehead atoms. The van der Waals surface area contributed by atoms with Gasteiger partial charge in [-0.15, -0.1) is 0 Å². The third-order valence-electron chi connectivity index (χ3n) is 7.68. The zero-order valence-corrected chi connectivity index (χ0v) is 20.5. The van der Waals surface area contributed by atoms with Crippen molar-refractivity contribution in [1.29, 1.82) is 0 Å². The van der Waals surface area contributed by atoms with Crippen molar-refractivity contribution in [2.24, 2.45) is 0 Å². The molecular formula is C34H18N2O3. The lowest BCUT2D eigenvalue weighted by Crippen LogP contribution is -1.82. The van der Waals surface area contributed by atoms with E-state index < -0.39 is 0 Å². The van der Waals surface area contributed by atoms with Gasteiger partial charge in [0.25, 0.3) is 0 Å². The molecular weight excluding hydrogens is 484 g/mol. The van der Waals surface area contributed by atoms with Crippen molar-refractivity contribution in [3.63, 3.8) is 0 Å². The van der Waals surface area contributed by atoms with Gasteiger partial charge < -0.3 is 13.3 Å². The second-order valence-electron chi connectivity index (χ2n) is 9.79. The number of hydrogen-bond acceptors (Lipinski definition) is 5. The third-order valence-corrected chi connectivity index (χ3v) is 7.68. The fourth-order valence-corrected chi connectivity index (χ4v) is 5.91. The predicted octanol–water partition coefficient (Wildman–Crippen LogP) is 9.51. The average Bonchev–Trinajstić information content (AvgIpc) is 3.68. The normalized spacial score (nSPS) is 12.1. The second kappa shape index (κ2) is 7.55. The second-order valence-corrected chi connectivity index (χ2v) is 9.79. The van der Waals surface area contributed by atoms with E-state index in [0.29, 0.717) is 0 Å². The van der Waals surface area contributed by atoms with Crippen LogP contribution in [0.5, 0.6) is 0 Å². The summed E-state index contributed by atoms with van der Waals surface area (Å²) in [6, 6.07) is 28.5. The summed E-state index contributed by atoms with van der Waals surface area (Å²) < 4.78 is 19.4. The van der Waals surface area contributed by atoms with Crippen molar-refractivity contribution in [3.8, 4) is 22.3 Å². The van der Waals surface area contributed by atoms with E-state index in [1.807, 2.05) is 61.2 Å². The molecule has 9 aromatic rings. The summed E-state index contributed by atoms with van der Waals surface area (Å²) in [5, 5.41) is 6.13. The van der Waals surface area contributed by atoms with Crippen LogP contribution in [0.3, 0.4) is 0 Å². The lowest BCUT2D eigenvalue weighted by molar-refractivity contribution is 0.663. The Bertz CT molecular complexity index is 2240. The van der Waals surface area contributed by atoms with Crippen LogP contribution in [-0.2, 0) is 0 Å². The first kappa shape index (κ1) is 20.6. The van der Waals surface area contributed by atoms with Crippen LogP contribution in [0, 0.1) is 0 Å². The van der Waals surface area contributed by atoms with Gasteiger partial charge in [-0.1, -0.05) is 72.8 Å². The van der Waals surface area contributed by atoms with Crippen molar-refractivity contribution >= 4 is 65.8 Å². The van der Waals surface area contributed by atoms with E-state index in [2.05, 4.69) is 58.5 Å². The topological polar surface area (TPSA) is 65.2 Å².